The maximum Gasteiger partial charge on any atom is 0.189 e. The molecule has 0 saturated carbocycles. The fourth-order valence-corrected chi connectivity index (χ4v) is 2.19. The van der Waals surface area contributed by atoms with E-state index in [-0.39, 0.29) is 5.12 Å². The van der Waals surface area contributed by atoms with Gasteiger partial charge in [-0.15, -0.1) is 6.58 Å². The zero-order chi connectivity index (χ0) is 11.8. The summed E-state index contributed by atoms with van der Waals surface area (Å²) in [6, 6.07) is 8.27. The number of aryl methyl sites for hydroxylation is 1. The molecule has 0 bridgehead atoms. The highest BCUT2D eigenvalue weighted by molar-refractivity contribution is 8.13. The Kier molecular flexibility index (Phi) is 5.94. The molecule has 86 valence electrons. The average Bonchev–Trinajstić information content (AvgIpc) is 2.29. The molecule has 0 saturated heterocycles. The van der Waals surface area contributed by atoms with Crippen LogP contribution in [-0.4, -0.2) is 10.9 Å². The summed E-state index contributed by atoms with van der Waals surface area (Å²) in [6.07, 6.45) is 4.26. The lowest BCUT2D eigenvalue weighted by molar-refractivity contribution is -0.110. The lowest BCUT2D eigenvalue weighted by Crippen LogP contribution is -1.98. The first kappa shape index (κ1) is 13.0. The molecule has 0 fully saturated rings. The van der Waals surface area contributed by atoms with E-state index in [9.17, 15) is 4.79 Å². The predicted molar refractivity (Wildman–Crippen MR) is 71.8 cm³/mol. The molecular weight excluding hydrogens is 216 g/mol. The van der Waals surface area contributed by atoms with Crippen LogP contribution in [0.2, 0.25) is 0 Å². The first-order valence-corrected chi connectivity index (χ1v) is 6.59. The monoisotopic (exact) mass is 234 g/mol. The summed E-state index contributed by atoms with van der Waals surface area (Å²) in [5.41, 5.74) is 2.55. The van der Waals surface area contributed by atoms with Crippen LogP contribution in [-0.2, 0) is 17.6 Å². The second-order valence-corrected chi connectivity index (χ2v) is 4.89. The van der Waals surface area contributed by atoms with Gasteiger partial charge in [0.1, 0.15) is 0 Å². The van der Waals surface area contributed by atoms with Crippen LogP contribution in [0.4, 0.5) is 0 Å². The molecule has 1 aromatic carbocycles. The summed E-state index contributed by atoms with van der Waals surface area (Å²) >= 11 is 1.41. The average molecular weight is 234 g/mol. The van der Waals surface area contributed by atoms with Gasteiger partial charge in [-0.3, -0.25) is 4.79 Å². The van der Waals surface area contributed by atoms with Crippen molar-refractivity contribution in [2.75, 3.05) is 5.75 Å². The molecule has 0 aromatic heterocycles. The van der Waals surface area contributed by atoms with Gasteiger partial charge in [0.05, 0.1) is 0 Å². The highest BCUT2D eigenvalue weighted by Crippen LogP contribution is 2.14. The van der Waals surface area contributed by atoms with Gasteiger partial charge in [-0.2, -0.15) is 0 Å². The smallest absolute Gasteiger partial charge is 0.189 e. The van der Waals surface area contributed by atoms with Gasteiger partial charge in [0.2, 0.25) is 0 Å². The van der Waals surface area contributed by atoms with E-state index in [2.05, 4.69) is 18.7 Å². The van der Waals surface area contributed by atoms with Gasteiger partial charge in [-0.1, -0.05) is 49.0 Å². The summed E-state index contributed by atoms with van der Waals surface area (Å²) in [5.74, 6) is 0.868. The maximum atomic E-state index is 11.4. The Bertz CT molecular complexity index is 358. The molecule has 0 N–H and O–H groups in total. The summed E-state index contributed by atoms with van der Waals surface area (Å²) in [5, 5.41) is 0.288. The number of carbonyl (C=O) groups excluding carboxylic acids is 1. The van der Waals surface area contributed by atoms with Gasteiger partial charge in [-0.05, 0) is 29.7 Å². The molecular formula is C14H18OS. The minimum Gasteiger partial charge on any atom is -0.287 e. The molecule has 0 unspecified atom stereocenters. The number of thioether (sulfide) groups is 1. The van der Waals surface area contributed by atoms with Crippen LogP contribution in [0.5, 0.6) is 0 Å². The molecule has 0 aliphatic carbocycles. The summed E-state index contributed by atoms with van der Waals surface area (Å²) < 4.78 is 0. The third-order valence-electron chi connectivity index (χ3n) is 2.39. The zero-order valence-corrected chi connectivity index (χ0v) is 10.6. The molecule has 1 rings (SSSR count). The van der Waals surface area contributed by atoms with E-state index in [0.717, 1.165) is 18.6 Å². The van der Waals surface area contributed by atoms with E-state index >= 15 is 0 Å². The van der Waals surface area contributed by atoms with Crippen molar-refractivity contribution in [3.63, 3.8) is 0 Å². The number of rotatable bonds is 6. The first-order chi connectivity index (χ1) is 7.77. The van der Waals surface area contributed by atoms with E-state index < -0.39 is 0 Å². The SMILES string of the molecule is C=CCc1ccccc1CCC(=O)SCC. The van der Waals surface area contributed by atoms with Crippen molar-refractivity contribution >= 4 is 16.9 Å². The number of hydrogen-bond acceptors (Lipinski definition) is 2. The van der Waals surface area contributed by atoms with Crippen LogP contribution in [0.1, 0.15) is 24.5 Å². The van der Waals surface area contributed by atoms with E-state index in [4.69, 9.17) is 0 Å². The molecule has 2 heteroatoms. The van der Waals surface area contributed by atoms with E-state index in [1.165, 1.54) is 22.9 Å². The summed E-state index contributed by atoms with van der Waals surface area (Å²) in [7, 11) is 0. The molecule has 0 heterocycles. The Morgan fingerprint density at radius 3 is 2.69 bits per heavy atom. The first-order valence-electron chi connectivity index (χ1n) is 5.61. The third-order valence-corrected chi connectivity index (χ3v) is 3.20. The highest BCUT2D eigenvalue weighted by Gasteiger charge is 2.04. The number of allylic oxidation sites excluding steroid dienone is 1. The van der Waals surface area contributed by atoms with Crippen LogP contribution in [0.3, 0.4) is 0 Å². The second kappa shape index (κ2) is 7.29. The molecule has 1 aromatic rings. The van der Waals surface area contributed by atoms with Crippen molar-refractivity contribution in [1.82, 2.24) is 0 Å². The molecule has 0 atom stereocenters. The van der Waals surface area contributed by atoms with Crippen molar-refractivity contribution in [2.45, 2.75) is 26.2 Å². The van der Waals surface area contributed by atoms with Crippen LogP contribution >= 0.6 is 11.8 Å². The van der Waals surface area contributed by atoms with Crippen LogP contribution in [0, 0.1) is 0 Å². The standard InChI is InChI=1S/C14H18OS/c1-3-7-12-8-5-6-9-13(12)10-11-14(15)16-4-2/h3,5-6,8-9H,1,4,7,10-11H2,2H3. The van der Waals surface area contributed by atoms with Crippen molar-refractivity contribution in [3.8, 4) is 0 Å². The number of benzene rings is 1. The number of hydrogen-bond donors (Lipinski definition) is 0. The Balaban J connectivity index is 2.58. The summed E-state index contributed by atoms with van der Waals surface area (Å²) in [4.78, 5) is 11.4. The molecule has 0 radical (unpaired) electrons. The van der Waals surface area contributed by atoms with E-state index in [1.807, 2.05) is 25.1 Å². The second-order valence-electron chi connectivity index (χ2n) is 3.57. The molecule has 1 nitrogen and oxygen atoms in total. The van der Waals surface area contributed by atoms with Crippen LogP contribution in [0.25, 0.3) is 0 Å². The highest BCUT2D eigenvalue weighted by atomic mass is 32.2. The summed E-state index contributed by atoms with van der Waals surface area (Å²) in [6.45, 7) is 5.76. The van der Waals surface area contributed by atoms with Gasteiger partial charge in [0.25, 0.3) is 0 Å². The lowest BCUT2D eigenvalue weighted by atomic mass is 10.0. The molecule has 0 aliphatic heterocycles. The normalized spacial score (nSPS) is 10.1. The lowest BCUT2D eigenvalue weighted by Gasteiger charge is -2.06. The van der Waals surface area contributed by atoms with E-state index in [0.29, 0.717) is 6.42 Å². The topological polar surface area (TPSA) is 17.1 Å². The third kappa shape index (κ3) is 4.23. The van der Waals surface area contributed by atoms with Gasteiger partial charge >= 0.3 is 0 Å². The van der Waals surface area contributed by atoms with Crippen molar-refractivity contribution in [2.24, 2.45) is 0 Å². The van der Waals surface area contributed by atoms with Crippen LogP contribution < -0.4 is 0 Å². The Labute approximate surface area is 102 Å². The fourth-order valence-electron chi connectivity index (χ4n) is 1.63. The fraction of sp³-hybridized carbons (Fsp3) is 0.357. The molecule has 0 spiro atoms. The Morgan fingerprint density at radius 2 is 2.06 bits per heavy atom. The minimum absolute atomic E-state index is 0.288. The number of carbonyl (C=O) groups is 1. The Morgan fingerprint density at radius 1 is 1.38 bits per heavy atom. The Hall–Kier alpha value is -1.02. The van der Waals surface area contributed by atoms with Gasteiger partial charge in [0.15, 0.2) is 5.12 Å². The van der Waals surface area contributed by atoms with E-state index in [1.54, 1.807) is 0 Å². The maximum absolute atomic E-state index is 11.4. The van der Waals surface area contributed by atoms with Gasteiger partial charge in [0, 0.05) is 6.42 Å². The van der Waals surface area contributed by atoms with Gasteiger partial charge < -0.3 is 0 Å². The van der Waals surface area contributed by atoms with Crippen molar-refractivity contribution in [1.29, 1.82) is 0 Å². The molecule has 0 aliphatic rings. The zero-order valence-electron chi connectivity index (χ0n) is 9.74. The predicted octanol–water partition coefficient (Wildman–Crippen LogP) is 3.63. The minimum atomic E-state index is 0.288. The van der Waals surface area contributed by atoms with Crippen LogP contribution in [0.15, 0.2) is 36.9 Å². The molecule has 16 heavy (non-hydrogen) atoms. The quantitative estimate of drug-likeness (QED) is 0.699. The van der Waals surface area contributed by atoms with Crippen molar-refractivity contribution < 1.29 is 4.79 Å². The largest absolute Gasteiger partial charge is 0.287 e. The molecule has 0 amide bonds. The van der Waals surface area contributed by atoms with Crippen molar-refractivity contribution in [3.05, 3.63) is 48.0 Å². The van der Waals surface area contributed by atoms with Gasteiger partial charge in [-0.25, -0.2) is 0 Å².